The smallest absolute Gasteiger partial charge is 0.243 e. The first-order valence-corrected chi connectivity index (χ1v) is 12.8. The van der Waals surface area contributed by atoms with Gasteiger partial charge in [0.2, 0.25) is 15.9 Å². The SMILES string of the molecule is COc1ccccc1CC(=O)Nc1ccc(S(=O)(=O)N2CCN(c3ccccc3OC)CC2)cc1. The topological polar surface area (TPSA) is 88.2 Å². The molecule has 184 valence electrons. The van der Waals surface area contributed by atoms with Gasteiger partial charge in [-0.1, -0.05) is 30.3 Å². The van der Waals surface area contributed by atoms with E-state index in [1.165, 1.54) is 16.4 Å². The van der Waals surface area contributed by atoms with Crippen molar-refractivity contribution in [2.45, 2.75) is 11.3 Å². The second kappa shape index (κ2) is 10.8. The van der Waals surface area contributed by atoms with Gasteiger partial charge < -0.3 is 19.7 Å². The van der Waals surface area contributed by atoms with Gasteiger partial charge in [0.25, 0.3) is 0 Å². The van der Waals surface area contributed by atoms with E-state index in [1.54, 1.807) is 32.4 Å². The highest BCUT2D eigenvalue weighted by atomic mass is 32.2. The number of amides is 1. The van der Waals surface area contributed by atoms with E-state index >= 15 is 0 Å². The zero-order chi connectivity index (χ0) is 24.8. The van der Waals surface area contributed by atoms with Crippen molar-refractivity contribution in [1.29, 1.82) is 0 Å². The van der Waals surface area contributed by atoms with Crippen LogP contribution in [-0.4, -0.2) is 59.0 Å². The van der Waals surface area contributed by atoms with Crippen molar-refractivity contribution in [3.63, 3.8) is 0 Å². The van der Waals surface area contributed by atoms with E-state index in [-0.39, 0.29) is 17.2 Å². The number of carbonyl (C=O) groups is 1. The first kappa shape index (κ1) is 24.6. The number of hydrogen-bond donors (Lipinski definition) is 1. The van der Waals surface area contributed by atoms with E-state index in [4.69, 9.17) is 9.47 Å². The summed E-state index contributed by atoms with van der Waals surface area (Å²) in [6, 6.07) is 21.3. The van der Waals surface area contributed by atoms with E-state index in [0.29, 0.717) is 37.6 Å². The molecule has 0 aliphatic carbocycles. The fourth-order valence-corrected chi connectivity index (χ4v) is 5.57. The number of benzene rings is 3. The lowest BCUT2D eigenvalue weighted by Gasteiger charge is -2.35. The van der Waals surface area contributed by atoms with Gasteiger partial charge in [0.15, 0.2) is 0 Å². The number of hydrogen-bond acceptors (Lipinski definition) is 6. The zero-order valence-corrected chi connectivity index (χ0v) is 20.6. The minimum Gasteiger partial charge on any atom is -0.496 e. The zero-order valence-electron chi connectivity index (χ0n) is 19.8. The molecule has 0 bridgehead atoms. The third-order valence-corrected chi connectivity index (χ3v) is 7.90. The van der Waals surface area contributed by atoms with Gasteiger partial charge in [-0.05, 0) is 42.5 Å². The summed E-state index contributed by atoms with van der Waals surface area (Å²) >= 11 is 0. The summed E-state index contributed by atoms with van der Waals surface area (Å²) in [5, 5.41) is 2.81. The molecule has 35 heavy (non-hydrogen) atoms. The summed E-state index contributed by atoms with van der Waals surface area (Å²) in [6.45, 7) is 1.88. The number of carbonyl (C=O) groups excluding carboxylic acids is 1. The second-order valence-electron chi connectivity index (χ2n) is 8.12. The van der Waals surface area contributed by atoms with Crippen molar-refractivity contribution in [2.24, 2.45) is 0 Å². The molecule has 0 radical (unpaired) electrons. The molecule has 0 atom stereocenters. The van der Waals surface area contributed by atoms with E-state index in [2.05, 4.69) is 10.2 Å². The fraction of sp³-hybridized carbons (Fsp3) is 0.269. The van der Waals surface area contributed by atoms with Crippen LogP contribution in [0.1, 0.15) is 5.56 Å². The van der Waals surface area contributed by atoms with Crippen LogP contribution in [0.15, 0.2) is 77.7 Å². The molecule has 1 aliphatic rings. The molecule has 1 saturated heterocycles. The summed E-state index contributed by atoms with van der Waals surface area (Å²) in [6.07, 6.45) is 0.153. The first-order chi connectivity index (χ1) is 16.9. The van der Waals surface area contributed by atoms with E-state index in [9.17, 15) is 13.2 Å². The number of para-hydroxylation sites is 3. The van der Waals surface area contributed by atoms with E-state index in [1.807, 2.05) is 42.5 Å². The van der Waals surface area contributed by atoms with Gasteiger partial charge in [-0.15, -0.1) is 0 Å². The number of methoxy groups -OCH3 is 2. The fourth-order valence-electron chi connectivity index (χ4n) is 4.15. The Labute approximate surface area is 206 Å². The Morgan fingerprint density at radius 2 is 1.43 bits per heavy atom. The molecule has 3 aromatic carbocycles. The van der Waals surface area contributed by atoms with Crippen LogP contribution in [0, 0.1) is 0 Å². The average Bonchev–Trinajstić information content (AvgIpc) is 2.89. The van der Waals surface area contributed by atoms with Crippen LogP contribution >= 0.6 is 0 Å². The number of nitrogens with zero attached hydrogens (tertiary/aromatic N) is 2. The van der Waals surface area contributed by atoms with E-state index in [0.717, 1.165) is 17.0 Å². The maximum Gasteiger partial charge on any atom is 0.243 e. The van der Waals surface area contributed by atoms with Crippen LogP contribution < -0.4 is 19.7 Å². The number of ether oxygens (including phenoxy) is 2. The quantitative estimate of drug-likeness (QED) is 0.515. The standard InChI is InChI=1S/C26H29N3O5S/c1-33-24-9-5-3-7-20(24)19-26(30)27-21-11-13-22(14-12-21)35(31,32)29-17-15-28(16-18-29)23-8-4-6-10-25(23)34-2/h3-14H,15-19H2,1-2H3,(H,27,30). The molecule has 1 amide bonds. The molecule has 0 unspecified atom stereocenters. The first-order valence-electron chi connectivity index (χ1n) is 11.3. The lowest BCUT2D eigenvalue weighted by molar-refractivity contribution is -0.115. The molecule has 3 aromatic rings. The average molecular weight is 496 g/mol. The van der Waals surface area contributed by atoms with Gasteiger partial charge in [0.1, 0.15) is 11.5 Å². The summed E-state index contributed by atoms with van der Waals surface area (Å²) in [5.41, 5.74) is 2.27. The maximum atomic E-state index is 13.2. The Morgan fingerprint density at radius 1 is 0.829 bits per heavy atom. The van der Waals surface area contributed by atoms with Crippen molar-refractivity contribution < 1.29 is 22.7 Å². The lowest BCUT2D eigenvalue weighted by atomic mass is 10.1. The van der Waals surface area contributed by atoms with Crippen LogP contribution in [0.3, 0.4) is 0 Å². The minimum absolute atomic E-state index is 0.153. The minimum atomic E-state index is -3.64. The molecular formula is C26H29N3O5S. The number of nitrogens with one attached hydrogen (secondary N) is 1. The predicted molar refractivity (Wildman–Crippen MR) is 136 cm³/mol. The van der Waals surface area contributed by atoms with Gasteiger partial charge in [0, 0.05) is 37.4 Å². The Balaban J connectivity index is 1.37. The van der Waals surface area contributed by atoms with Crippen molar-refractivity contribution in [2.75, 3.05) is 50.6 Å². The van der Waals surface area contributed by atoms with Crippen LogP contribution in [-0.2, 0) is 21.2 Å². The molecule has 1 N–H and O–H groups in total. The summed E-state index contributed by atoms with van der Waals surface area (Å²) in [4.78, 5) is 14.8. The van der Waals surface area contributed by atoms with E-state index < -0.39 is 10.0 Å². The Morgan fingerprint density at radius 3 is 2.09 bits per heavy atom. The Hall–Kier alpha value is -3.56. The van der Waals surface area contributed by atoms with Crippen LogP contribution in [0.5, 0.6) is 11.5 Å². The molecule has 0 spiro atoms. The van der Waals surface area contributed by atoms with Gasteiger partial charge >= 0.3 is 0 Å². The van der Waals surface area contributed by atoms with Crippen molar-refractivity contribution in [3.8, 4) is 11.5 Å². The maximum absolute atomic E-state index is 13.2. The van der Waals surface area contributed by atoms with Crippen molar-refractivity contribution in [3.05, 3.63) is 78.4 Å². The third kappa shape index (κ3) is 5.58. The summed E-state index contributed by atoms with van der Waals surface area (Å²) in [7, 11) is -0.447. The highest BCUT2D eigenvalue weighted by Crippen LogP contribution is 2.29. The van der Waals surface area contributed by atoms with Gasteiger partial charge in [0.05, 0.1) is 31.2 Å². The lowest BCUT2D eigenvalue weighted by Crippen LogP contribution is -2.48. The molecule has 9 heteroatoms. The molecule has 8 nitrogen and oxygen atoms in total. The molecule has 0 saturated carbocycles. The van der Waals surface area contributed by atoms with Crippen LogP contribution in [0.2, 0.25) is 0 Å². The Kier molecular flexibility index (Phi) is 7.57. The highest BCUT2D eigenvalue weighted by Gasteiger charge is 2.29. The molecule has 1 heterocycles. The predicted octanol–water partition coefficient (Wildman–Crippen LogP) is 3.40. The molecule has 0 aromatic heterocycles. The van der Waals surface area contributed by atoms with Gasteiger partial charge in [-0.3, -0.25) is 4.79 Å². The van der Waals surface area contributed by atoms with Crippen molar-refractivity contribution >= 4 is 27.3 Å². The van der Waals surface area contributed by atoms with Crippen LogP contribution in [0.4, 0.5) is 11.4 Å². The molecule has 4 rings (SSSR count). The molecule has 1 fully saturated rings. The second-order valence-corrected chi connectivity index (χ2v) is 10.1. The number of anilines is 2. The summed E-state index contributed by atoms with van der Waals surface area (Å²) < 4.78 is 38.6. The largest absolute Gasteiger partial charge is 0.496 e. The molecule has 1 aliphatic heterocycles. The number of piperazine rings is 1. The van der Waals surface area contributed by atoms with Gasteiger partial charge in [-0.2, -0.15) is 4.31 Å². The Bertz CT molecular complexity index is 1270. The van der Waals surface area contributed by atoms with Crippen LogP contribution in [0.25, 0.3) is 0 Å². The third-order valence-electron chi connectivity index (χ3n) is 5.98. The number of sulfonamides is 1. The monoisotopic (exact) mass is 495 g/mol. The van der Waals surface area contributed by atoms with Gasteiger partial charge in [-0.25, -0.2) is 8.42 Å². The highest BCUT2D eigenvalue weighted by molar-refractivity contribution is 7.89. The number of rotatable bonds is 8. The molecular weight excluding hydrogens is 466 g/mol. The summed E-state index contributed by atoms with van der Waals surface area (Å²) in [5.74, 6) is 1.21. The van der Waals surface area contributed by atoms with Crippen molar-refractivity contribution in [1.82, 2.24) is 4.31 Å². The normalized spacial score (nSPS) is 14.4.